The lowest BCUT2D eigenvalue weighted by atomic mass is 10.1. The van der Waals surface area contributed by atoms with E-state index in [4.69, 9.17) is 25.8 Å². The topological polar surface area (TPSA) is 121 Å². The predicted octanol–water partition coefficient (Wildman–Crippen LogP) is 6.37. The number of carboxylic acids is 1. The van der Waals surface area contributed by atoms with Crippen molar-refractivity contribution in [2.24, 2.45) is 0 Å². The van der Waals surface area contributed by atoms with E-state index in [1.54, 1.807) is 61.5 Å². The summed E-state index contributed by atoms with van der Waals surface area (Å²) >= 11 is 6.00. The highest BCUT2D eigenvalue weighted by Crippen LogP contribution is 2.32. The van der Waals surface area contributed by atoms with Gasteiger partial charge in [0.1, 0.15) is 28.4 Å². The predicted molar refractivity (Wildman–Crippen MR) is 159 cm³/mol. The number of hydrogen-bond acceptors (Lipinski definition) is 7. The summed E-state index contributed by atoms with van der Waals surface area (Å²) in [5.74, 6) is -2.85. The first-order chi connectivity index (χ1) is 20.7. The Balaban J connectivity index is 1.45. The molecule has 0 aliphatic heterocycles. The van der Waals surface area contributed by atoms with Gasteiger partial charge in [0.05, 0.1) is 19.0 Å². The minimum Gasteiger partial charge on any atom is -0.497 e. The Kier molecular flexibility index (Phi) is 8.27. The van der Waals surface area contributed by atoms with Crippen molar-refractivity contribution in [3.8, 4) is 17.2 Å². The van der Waals surface area contributed by atoms with Crippen LogP contribution in [0.3, 0.4) is 0 Å². The molecule has 1 heterocycles. The van der Waals surface area contributed by atoms with Gasteiger partial charge in [0.2, 0.25) is 0 Å². The molecule has 1 N–H and O–H groups in total. The van der Waals surface area contributed by atoms with E-state index in [0.717, 1.165) is 0 Å². The highest BCUT2D eigenvalue weighted by molar-refractivity contribution is 6.30. The molecule has 0 saturated carbocycles. The first kappa shape index (κ1) is 29.1. The molecule has 43 heavy (non-hydrogen) atoms. The summed E-state index contributed by atoms with van der Waals surface area (Å²) in [7, 11) is 1.52. The SMILES string of the molecule is COc1ccc2c(c1)c(CC(=O)Oc1ccccc1C(=O)Oc1ccccc1C(=O)O)c(C)n2C(=O)c1ccc(Cl)cc1. The normalized spacial score (nSPS) is 10.8. The lowest BCUT2D eigenvalue weighted by molar-refractivity contribution is -0.133. The number of benzene rings is 4. The van der Waals surface area contributed by atoms with Gasteiger partial charge in [-0.05, 0) is 79.2 Å². The molecule has 4 aromatic carbocycles. The third kappa shape index (κ3) is 5.98. The van der Waals surface area contributed by atoms with Crippen LogP contribution in [-0.2, 0) is 11.2 Å². The van der Waals surface area contributed by atoms with Crippen LogP contribution in [-0.4, -0.2) is 40.6 Å². The average Bonchev–Trinajstić information content (AvgIpc) is 3.27. The van der Waals surface area contributed by atoms with Crippen LogP contribution < -0.4 is 14.2 Å². The minimum absolute atomic E-state index is 0.0680. The third-order valence-electron chi connectivity index (χ3n) is 6.81. The molecule has 5 rings (SSSR count). The summed E-state index contributed by atoms with van der Waals surface area (Å²) in [5, 5.41) is 10.5. The summed E-state index contributed by atoms with van der Waals surface area (Å²) < 4.78 is 17.9. The van der Waals surface area contributed by atoms with E-state index in [0.29, 0.717) is 38.5 Å². The number of fused-ring (bicyclic) bond motifs is 1. The van der Waals surface area contributed by atoms with Gasteiger partial charge in [-0.15, -0.1) is 0 Å². The number of carbonyl (C=O) groups is 4. The van der Waals surface area contributed by atoms with Crippen LogP contribution in [0.2, 0.25) is 5.02 Å². The molecule has 0 spiro atoms. The van der Waals surface area contributed by atoms with Crippen LogP contribution in [0.25, 0.3) is 10.9 Å². The molecule has 0 saturated heterocycles. The second-order valence-electron chi connectivity index (χ2n) is 9.43. The Morgan fingerprint density at radius 2 is 1.44 bits per heavy atom. The van der Waals surface area contributed by atoms with Crippen molar-refractivity contribution in [2.45, 2.75) is 13.3 Å². The zero-order valence-corrected chi connectivity index (χ0v) is 23.8. The Morgan fingerprint density at radius 3 is 2.09 bits per heavy atom. The number of aromatic nitrogens is 1. The van der Waals surface area contributed by atoms with Gasteiger partial charge in [-0.2, -0.15) is 0 Å². The number of hydrogen-bond donors (Lipinski definition) is 1. The Labute approximate surface area is 250 Å². The average molecular weight is 598 g/mol. The largest absolute Gasteiger partial charge is 0.497 e. The smallest absolute Gasteiger partial charge is 0.347 e. The van der Waals surface area contributed by atoms with Crippen molar-refractivity contribution in [3.63, 3.8) is 0 Å². The van der Waals surface area contributed by atoms with E-state index in [2.05, 4.69) is 0 Å². The molecule has 9 nitrogen and oxygen atoms in total. The van der Waals surface area contributed by atoms with Crippen LogP contribution in [0.15, 0.2) is 91.0 Å². The molecular weight excluding hydrogens is 574 g/mol. The van der Waals surface area contributed by atoms with Crippen LogP contribution in [0.5, 0.6) is 17.2 Å². The van der Waals surface area contributed by atoms with Gasteiger partial charge in [-0.1, -0.05) is 35.9 Å². The van der Waals surface area contributed by atoms with Crippen LogP contribution >= 0.6 is 11.6 Å². The van der Waals surface area contributed by atoms with Gasteiger partial charge in [-0.3, -0.25) is 14.2 Å². The number of aromatic carboxylic acids is 1. The Bertz CT molecular complexity index is 1890. The summed E-state index contributed by atoms with van der Waals surface area (Å²) in [6.45, 7) is 1.73. The second kappa shape index (κ2) is 12.2. The van der Waals surface area contributed by atoms with E-state index in [1.807, 2.05) is 0 Å². The van der Waals surface area contributed by atoms with Gasteiger partial charge in [-0.25, -0.2) is 9.59 Å². The van der Waals surface area contributed by atoms with Gasteiger partial charge in [0.15, 0.2) is 0 Å². The van der Waals surface area contributed by atoms with Crippen LogP contribution in [0.4, 0.5) is 0 Å². The van der Waals surface area contributed by atoms with Crippen molar-refractivity contribution < 1.29 is 38.5 Å². The molecule has 0 aliphatic rings. The molecule has 0 amide bonds. The molecule has 0 radical (unpaired) electrons. The maximum Gasteiger partial charge on any atom is 0.347 e. The molecule has 0 aliphatic carbocycles. The van der Waals surface area contributed by atoms with Crippen molar-refractivity contribution in [1.29, 1.82) is 0 Å². The molecule has 0 fully saturated rings. The zero-order valence-electron chi connectivity index (χ0n) is 23.0. The van der Waals surface area contributed by atoms with Gasteiger partial charge >= 0.3 is 17.9 Å². The van der Waals surface area contributed by atoms with E-state index in [1.165, 1.54) is 48.1 Å². The number of esters is 2. The van der Waals surface area contributed by atoms with Crippen LogP contribution in [0.1, 0.15) is 42.3 Å². The molecule has 5 aromatic rings. The maximum absolute atomic E-state index is 13.6. The maximum atomic E-state index is 13.6. The van der Waals surface area contributed by atoms with Gasteiger partial charge in [0, 0.05) is 21.7 Å². The Morgan fingerprint density at radius 1 is 0.814 bits per heavy atom. The van der Waals surface area contributed by atoms with Gasteiger partial charge in [0.25, 0.3) is 5.91 Å². The molecule has 0 unspecified atom stereocenters. The number of halogens is 1. The molecule has 0 bridgehead atoms. The Hall–Kier alpha value is -5.41. The van der Waals surface area contributed by atoms with Crippen LogP contribution in [0, 0.1) is 6.92 Å². The highest BCUT2D eigenvalue weighted by atomic mass is 35.5. The van der Waals surface area contributed by atoms with E-state index >= 15 is 0 Å². The summed E-state index contributed by atoms with van der Waals surface area (Å²) in [4.78, 5) is 51.4. The first-order valence-electron chi connectivity index (χ1n) is 13.0. The van der Waals surface area contributed by atoms with E-state index in [9.17, 15) is 24.3 Å². The number of methoxy groups -OCH3 is 1. The number of ether oxygens (including phenoxy) is 3. The van der Waals surface area contributed by atoms with Crippen molar-refractivity contribution in [1.82, 2.24) is 4.57 Å². The van der Waals surface area contributed by atoms with E-state index < -0.39 is 17.9 Å². The fourth-order valence-electron chi connectivity index (χ4n) is 4.71. The highest BCUT2D eigenvalue weighted by Gasteiger charge is 2.24. The summed E-state index contributed by atoms with van der Waals surface area (Å²) in [5.41, 5.74) is 1.78. The minimum atomic E-state index is -1.26. The van der Waals surface area contributed by atoms with Crippen molar-refractivity contribution in [3.05, 3.63) is 124 Å². The molecule has 216 valence electrons. The second-order valence-corrected chi connectivity index (χ2v) is 9.87. The van der Waals surface area contributed by atoms with Crippen molar-refractivity contribution in [2.75, 3.05) is 7.11 Å². The molecular formula is C33H24ClNO8. The molecule has 10 heteroatoms. The first-order valence-corrected chi connectivity index (χ1v) is 13.4. The monoisotopic (exact) mass is 597 g/mol. The number of para-hydroxylation sites is 2. The number of rotatable bonds is 8. The van der Waals surface area contributed by atoms with Gasteiger partial charge < -0.3 is 19.3 Å². The molecule has 1 aromatic heterocycles. The van der Waals surface area contributed by atoms with E-state index in [-0.39, 0.29) is 35.0 Å². The third-order valence-corrected chi connectivity index (χ3v) is 7.06. The number of carbonyl (C=O) groups excluding carboxylic acids is 3. The summed E-state index contributed by atoms with van der Waals surface area (Å²) in [6.07, 6.45) is -0.234. The lowest BCUT2D eigenvalue weighted by Gasteiger charge is -2.11. The quantitative estimate of drug-likeness (QED) is 0.162. The summed E-state index contributed by atoms with van der Waals surface area (Å²) in [6, 6.07) is 23.4. The zero-order chi connectivity index (χ0) is 30.7. The number of nitrogens with zero attached hydrogens (tertiary/aromatic N) is 1. The molecule has 0 atom stereocenters. The number of carboxylic acid groups (broad SMARTS) is 1. The fourth-order valence-corrected chi connectivity index (χ4v) is 4.84. The standard InChI is InChI=1S/C33H24ClNO8/c1-19-25(26-17-22(41-2)15-16-27(26)35(19)31(37)20-11-13-21(34)14-12-20)18-30(36)42-29-10-6-4-8-24(29)33(40)43-28-9-5-3-7-23(28)32(38)39/h3-17H,18H2,1-2H3,(H,38,39). The lowest BCUT2D eigenvalue weighted by Crippen LogP contribution is -2.17. The van der Waals surface area contributed by atoms with Crippen molar-refractivity contribution >= 4 is 46.3 Å². The fraction of sp³-hybridized carbons (Fsp3) is 0.0909.